The number of nitrogens with zero attached hydrogens (tertiary/aromatic N) is 2. The molecule has 3 nitrogen and oxygen atoms in total. The van der Waals surface area contributed by atoms with Crippen molar-refractivity contribution in [2.45, 2.75) is 116 Å². The number of hydrogen-bond donors (Lipinski definition) is 0. The number of Topliss-reactive ketones (excluding diaryl/α,β-unsaturated/α-hetero) is 1. The van der Waals surface area contributed by atoms with Crippen LogP contribution in [-0.4, -0.2) is 48.9 Å². The van der Waals surface area contributed by atoms with Crippen LogP contribution in [0.25, 0.3) is 0 Å². The van der Waals surface area contributed by atoms with E-state index in [0.29, 0.717) is 5.78 Å². The fourth-order valence-electron chi connectivity index (χ4n) is 4.19. The normalized spacial score (nSPS) is 16.6. The molecular weight excluding hydrogens is 320 g/mol. The van der Waals surface area contributed by atoms with E-state index < -0.39 is 0 Å². The molecular formula is C23H46N2O. The Morgan fingerprint density at radius 3 is 1.38 bits per heavy atom. The minimum atomic E-state index is 0.0432. The van der Waals surface area contributed by atoms with Gasteiger partial charge in [0.2, 0.25) is 0 Å². The Morgan fingerprint density at radius 1 is 0.654 bits per heavy atom. The lowest BCUT2D eigenvalue weighted by Gasteiger charge is -2.23. The molecule has 1 fully saturated rings. The standard InChI is InChI=1S/C23H46N2O/c1-4-5-6-7-8-9-10-11-12-13-14-15-16-17-18-19-22(26)23-24(2)20-21-25(23)3/h23H,4-21H2,1-3H3. The van der Waals surface area contributed by atoms with Crippen LogP contribution in [0.3, 0.4) is 0 Å². The molecule has 0 bridgehead atoms. The molecule has 154 valence electrons. The van der Waals surface area contributed by atoms with Crippen LogP contribution in [0.15, 0.2) is 0 Å². The topological polar surface area (TPSA) is 23.6 Å². The van der Waals surface area contributed by atoms with Crippen LogP contribution in [0, 0.1) is 0 Å². The predicted octanol–water partition coefficient (Wildman–Crippen LogP) is 6.02. The predicted molar refractivity (Wildman–Crippen MR) is 114 cm³/mol. The molecule has 0 atom stereocenters. The van der Waals surface area contributed by atoms with Crippen LogP contribution in [0.4, 0.5) is 0 Å². The number of carbonyl (C=O) groups is 1. The summed E-state index contributed by atoms with van der Waals surface area (Å²) in [5.74, 6) is 0.419. The minimum Gasteiger partial charge on any atom is -0.296 e. The molecule has 3 heteroatoms. The SMILES string of the molecule is CCCCCCCCCCCCCCCCCC(=O)C1N(C)CCN1C. The molecule has 0 amide bonds. The Labute approximate surface area is 163 Å². The van der Waals surface area contributed by atoms with Crippen LogP contribution >= 0.6 is 0 Å². The first-order chi connectivity index (χ1) is 12.7. The van der Waals surface area contributed by atoms with Crippen LogP contribution < -0.4 is 0 Å². The highest BCUT2D eigenvalue weighted by Gasteiger charge is 2.31. The first-order valence-corrected chi connectivity index (χ1v) is 11.6. The maximum atomic E-state index is 12.3. The molecule has 1 aliphatic rings. The van der Waals surface area contributed by atoms with E-state index in [9.17, 15) is 4.79 Å². The Balaban J connectivity index is 1.80. The van der Waals surface area contributed by atoms with E-state index in [2.05, 4.69) is 30.8 Å². The Morgan fingerprint density at radius 2 is 1.00 bits per heavy atom. The van der Waals surface area contributed by atoms with E-state index in [1.165, 1.54) is 89.9 Å². The van der Waals surface area contributed by atoms with Crippen molar-refractivity contribution < 1.29 is 4.79 Å². The van der Waals surface area contributed by atoms with Gasteiger partial charge in [-0.15, -0.1) is 0 Å². The molecule has 0 aromatic rings. The highest BCUT2D eigenvalue weighted by atomic mass is 16.1. The van der Waals surface area contributed by atoms with Crippen molar-refractivity contribution in [3.8, 4) is 0 Å². The summed E-state index contributed by atoms with van der Waals surface area (Å²) in [6, 6.07) is 0. The number of likely N-dealkylation sites (N-methyl/N-ethyl adjacent to an activating group) is 2. The van der Waals surface area contributed by atoms with Gasteiger partial charge < -0.3 is 0 Å². The molecule has 26 heavy (non-hydrogen) atoms. The third-order valence-electron chi connectivity index (χ3n) is 5.96. The summed E-state index contributed by atoms with van der Waals surface area (Å²) >= 11 is 0. The van der Waals surface area contributed by atoms with Crippen LogP contribution in [0.5, 0.6) is 0 Å². The first kappa shape index (κ1) is 23.6. The van der Waals surface area contributed by atoms with Crippen molar-refractivity contribution in [2.24, 2.45) is 0 Å². The summed E-state index contributed by atoms with van der Waals surface area (Å²) in [6.07, 6.45) is 21.4. The van der Waals surface area contributed by atoms with Gasteiger partial charge in [-0.2, -0.15) is 0 Å². The van der Waals surface area contributed by atoms with Crippen molar-refractivity contribution in [3.05, 3.63) is 0 Å². The smallest absolute Gasteiger partial charge is 0.164 e. The van der Waals surface area contributed by atoms with Crippen molar-refractivity contribution in [3.63, 3.8) is 0 Å². The summed E-state index contributed by atoms with van der Waals surface area (Å²) < 4.78 is 0. The largest absolute Gasteiger partial charge is 0.296 e. The molecule has 0 aromatic carbocycles. The summed E-state index contributed by atoms with van der Waals surface area (Å²) in [4.78, 5) is 16.7. The summed E-state index contributed by atoms with van der Waals surface area (Å²) in [5.41, 5.74) is 0. The fourth-order valence-corrected chi connectivity index (χ4v) is 4.19. The molecule has 0 aromatic heterocycles. The highest BCUT2D eigenvalue weighted by Crippen LogP contribution is 2.16. The quantitative estimate of drug-likeness (QED) is 0.294. The Kier molecular flexibility index (Phi) is 14.2. The monoisotopic (exact) mass is 366 g/mol. The van der Waals surface area contributed by atoms with E-state index in [1.807, 2.05) is 0 Å². The van der Waals surface area contributed by atoms with Crippen molar-refractivity contribution in [2.75, 3.05) is 27.2 Å². The van der Waals surface area contributed by atoms with Gasteiger partial charge in [-0.25, -0.2) is 0 Å². The Bertz CT molecular complexity index is 335. The van der Waals surface area contributed by atoms with Gasteiger partial charge in [0.25, 0.3) is 0 Å². The van der Waals surface area contributed by atoms with Gasteiger partial charge in [-0.05, 0) is 20.5 Å². The van der Waals surface area contributed by atoms with Crippen molar-refractivity contribution >= 4 is 5.78 Å². The van der Waals surface area contributed by atoms with Gasteiger partial charge in [0.1, 0.15) is 6.17 Å². The molecule has 1 heterocycles. The van der Waals surface area contributed by atoms with Crippen LogP contribution in [0.2, 0.25) is 0 Å². The third kappa shape index (κ3) is 10.7. The maximum absolute atomic E-state index is 12.3. The van der Waals surface area contributed by atoms with Gasteiger partial charge in [0, 0.05) is 19.5 Å². The second-order valence-corrected chi connectivity index (χ2v) is 8.50. The average molecular weight is 367 g/mol. The molecule has 1 aliphatic heterocycles. The first-order valence-electron chi connectivity index (χ1n) is 11.6. The number of unbranched alkanes of at least 4 members (excludes halogenated alkanes) is 14. The zero-order valence-electron chi connectivity index (χ0n) is 18.1. The number of rotatable bonds is 17. The van der Waals surface area contributed by atoms with E-state index in [0.717, 1.165) is 25.9 Å². The lowest BCUT2D eigenvalue weighted by atomic mass is 10.0. The highest BCUT2D eigenvalue weighted by molar-refractivity contribution is 5.83. The van der Waals surface area contributed by atoms with E-state index in [4.69, 9.17) is 0 Å². The lowest BCUT2D eigenvalue weighted by Crippen LogP contribution is -2.41. The van der Waals surface area contributed by atoms with E-state index >= 15 is 0 Å². The van der Waals surface area contributed by atoms with Gasteiger partial charge in [-0.1, -0.05) is 96.8 Å². The molecule has 0 N–H and O–H groups in total. The number of ketones is 1. The van der Waals surface area contributed by atoms with Gasteiger partial charge >= 0.3 is 0 Å². The van der Waals surface area contributed by atoms with Crippen molar-refractivity contribution in [1.82, 2.24) is 9.80 Å². The molecule has 0 saturated carbocycles. The van der Waals surface area contributed by atoms with Crippen molar-refractivity contribution in [1.29, 1.82) is 0 Å². The van der Waals surface area contributed by atoms with Crippen LogP contribution in [0.1, 0.15) is 110 Å². The average Bonchev–Trinajstić information content (AvgIpc) is 2.96. The summed E-state index contributed by atoms with van der Waals surface area (Å²) in [5, 5.41) is 0. The lowest BCUT2D eigenvalue weighted by molar-refractivity contribution is -0.126. The molecule has 1 rings (SSSR count). The molecule has 0 unspecified atom stereocenters. The zero-order chi connectivity index (χ0) is 19.0. The molecule has 0 spiro atoms. The fraction of sp³-hybridized carbons (Fsp3) is 0.957. The molecule has 1 saturated heterocycles. The van der Waals surface area contributed by atoms with E-state index in [1.54, 1.807) is 0 Å². The second kappa shape index (κ2) is 15.6. The molecule has 0 radical (unpaired) electrons. The Hall–Kier alpha value is -0.410. The third-order valence-corrected chi connectivity index (χ3v) is 5.96. The summed E-state index contributed by atoms with van der Waals surface area (Å²) in [7, 11) is 4.14. The minimum absolute atomic E-state index is 0.0432. The number of carbonyl (C=O) groups excluding carboxylic acids is 1. The second-order valence-electron chi connectivity index (χ2n) is 8.50. The number of hydrogen-bond acceptors (Lipinski definition) is 3. The van der Waals surface area contributed by atoms with Gasteiger partial charge in [0.05, 0.1) is 0 Å². The zero-order valence-corrected chi connectivity index (χ0v) is 18.1. The molecule has 0 aliphatic carbocycles. The van der Waals surface area contributed by atoms with E-state index in [-0.39, 0.29) is 6.17 Å². The van der Waals surface area contributed by atoms with Gasteiger partial charge in [-0.3, -0.25) is 14.6 Å². The van der Waals surface area contributed by atoms with Gasteiger partial charge in [0.15, 0.2) is 5.78 Å². The summed E-state index contributed by atoms with van der Waals surface area (Å²) in [6.45, 7) is 4.32. The van der Waals surface area contributed by atoms with Crippen LogP contribution in [-0.2, 0) is 4.79 Å². The maximum Gasteiger partial charge on any atom is 0.164 e.